The highest BCUT2D eigenvalue weighted by Crippen LogP contribution is 1.93. The maximum Gasteiger partial charge on any atom is 0.303 e. The van der Waals surface area contributed by atoms with Gasteiger partial charge in [0, 0.05) is 13.0 Å². The zero-order valence-corrected chi connectivity index (χ0v) is 10.3. The molecule has 0 bridgehead atoms. The van der Waals surface area contributed by atoms with Crippen molar-refractivity contribution in [3.8, 4) is 0 Å². The van der Waals surface area contributed by atoms with Gasteiger partial charge in [0.25, 0.3) is 0 Å². The standard InChI is InChI=1S/C7H16O2.C4H8O3/c1-3-5-6-7-9-8-4-2;5-3-1-2-4(6)7/h3-7H2,1-2H3;5H,1-3H2,(H,6,7). The average molecular weight is 236 g/mol. The van der Waals surface area contributed by atoms with E-state index in [0.717, 1.165) is 13.0 Å². The van der Waals surface area contributed by atoms with Crippen LogP contribution in [0.4, 0.5) is 0 Å². The van der Waals surface area contributed by atoms with Gasteiger partial charge in [0.05, 0.1) is 13.2 Å². The van der Waals surface area contributed by atoms with Crippen molar-refractivity contribution in [2.24, 2.45) is 0 Å². The van der Waals surface area contributed by atoms with Crippen molar-refractivity contribution in [1.29, 1.82) is 0 Å². The van der Waals surface area contributed by atoms with E-state index < -0.39 is 5.97 Å². The first-order valence-corrected chi connectivity index (χ1v) is 5.76. The molecule has 0 rings (SSSR count). The lowest BCUT2D eigenvalue weighted by Crippen LogP contribution is -1.95. The Morgan fingerprint density at radius 3 is 2.19 bits per heavy atom. The third-order valence-electron chi connectivity index (χ3n) is 1.58. The molecule has 16 heavy (non-hydrogen) atoms. The molecule has 0 aliphatic rings. The summed E-state index contributed by atoms with van der Waals surface area (Å²) in [6.45, 7) is 5.43. The molecule has 0 amide bonds. The summed E-state index contributed by atoms with van der Waals surface area (Å²) >= 11 is 0. The van der Waals surface area contributed by atoms with Crippen LogP contribution in [0.5, 0.6) is 0 Å². The van der Waals surface area contributed by atoms with Gasteiger partial charge in [0.1, 0.15) is 0 Å². The highest BCUT2D eigenvalue weighted by molar-refractivity contribution is 5.66. The Balaban J connectivity index is 0. The number of carboxylic acid groups (broad SMARTS) is 1. The van der Waals surface area contributed by atoms with Gasteiger partial charge < -0.3 is 10.2 Å². The molecule has 0 aromatic carbocycles. The molecule has 0 saturated carbocycles. The monoisotopic (exact) mass is 236 g/mol. The fourth-order valence-electron chi connectivity index (χ4n) is 0.784. The van der Waals surface area contributed by atoms with Crippen LogP contribution in [0.3, 0.4) is 0 Å². The molecule has 0 aromatic rings. The van der Waals surface area contributed by atoms with E-state index >= 15 is 0 Å². The maximum absolute atomic E-state index is 9.65. The van der Waals surface area contributed by atoms with E-state index in [1.165, 1.54) is 12.8 Å². The quantitative estimate of drug-likeness (QED) is 0.364. The van der Waals surface area contributed by atoms with Crippen LogP contribution in [0.1, 0.15) is 46.0 Å². The molecule has 2 N–H and O–H groups in total. The van der Waals surface area contributed by atoms with Crippen molar-refractivity contribution >= 4 is 5.97 Å². The van der Waals surface area contributed by atoms with Crippen LogP contribution in [-0.4, -0.2) is 36.0 Å². The molecule has 0 heterocycles. The number of aliphatic hydroxyl groups excluding tert-OH is 1. The van der Waals surface area contributed by atoms with E-state index in [-0.39, 0.29) is 13.0 Å². The normalized spacial score (nSPS) is 9.44. The topological polar surface area (TPSA) is 76.0 Å². The molecule has 0 spiro atoms. The minimum atomic E-state index is -0.853. The second-order valence-electron chi connectivity index (χ2n) is 3.16. The average Bonchev–Trinajstić information content (AvgIpc) is 2.27. The summed E-state index contributed by atoms with van der Waals surface area (Å²) in [5.41, 5.74) is 0. The van der Waals surface area contributed by atoms with E-state index in [4.69, 9.17) is 15.1 Å². The summed E-state index contributed by atoms with van der Waals surface area (Å²) in [4.78, 5) is 19.1. The molecular formula is C11H24O5. The van der Waals surface area contributed by atoms with Crippen molar-refractivity contribution < 1.29 is 24.8 Å². The number of aliphatic carboxylic acids is 1. The Labute approximate surface area is 97.3 Å². The Morgan fingerprint density at radius 1 is 1.12 bits per heavy atom. The van der Waals surface area contributed by atoms with Gasteiger partial charge >= 0.3 is 5.97 Å². The zero-order valence-electron chi connectivity index (χ0n) is 10.3. The molecule has 0 aliphatic carbocycles. The summed E-state index contributed by atoms with van der Waals surface area (Å²) in [5, 5.41) is 16.0. The third-order valence-corrected chi connectivity index (χ3v) is 1.58. The van der Waals surface area contributed by atoms with Gasteiger partial charge in [-0.2, -0.15) is 0 Å². The molecule has 0 fully saturated rings. The highest BCUT2D eigenvalue weighted by atomic mass is 17.2. The number of unbranched alkanes of at least 4 members (excludes halogenated alkanes) is 2. The Bertz CT molecular complexity index is 132. The molecular weight excluding hydrogens is 212 g/mol. The van der Waals surface area contributed by atoms with Gasteiger partial charge in [-0.25, -0.2) is 9.78 Å². The van der Waals surface area contributed by atoms with Gasteiger partial charge in [0.15, 0.2) is 0 Å². The molecule has 5 heteroatoms. The second kappa shape index (κ2) is 16.8. The lowest BCUT2D eigenvalue weighted by Gasteiger charge is -1.98. The van der Waals surface area contributed by atoms with Crippen LogP contribution in [0.15, 0.2) is 0 Å². The number of carboxylic acids is 1. The SMILES string of the molecule is CCCCCOOCC.O=C(O)CCCO. The largest absolute Gasteiger partial charge is 0.481 e. The van der Waals surface area contributed by atoms with Crippen LogP contribution in [0, 0.1) is 0 Å². The number of hydrogen-bond acceptors (Lipinski definition) is 4. The maximum atomic E-state index is 9.65. The zero-order chi connectivity index (χ0) is 12.6. The highest BCUT2D eigenvalue weighted by Gasteiger charge is 1.91. The smallest absolute Gasteiger partial charge is 0.303 e. The van der Waals surface area contributed by atoms with Gasteiger partial charge in [0.2, 0.25) is 0 Å². The molecule has 0 radical (unpaired) electrons. The third kappa shape index (κ3) is 23.3. The van der Waals surface area contributed by atoms with E-state index in [2.05, 4.69) is 11.8 Å². The molecule has 5 nitrogen and oxygen atoms in total. The predicted molar refractivity (Wildman–Crippen MR) is 61.1 cm³/mol. The molecule has 0 saturated heterocycles. The number of carbonyl (C=O) groups is 1. The van der Waals surface area contributed by atoms with E-state index in [1.807, 2.05) is 6.92 Å². The van der Waals surface area contributed by atoms with Crippen molar-refractivity contribution in [2.75, 3.05) is 19.8 Å². The van der Waals surface area contributed by atoms with Crippen LogP contribution in [0.2, 0.25) is 0 Å². The van der Waals surface area contributed by atoms with Gasteiger partial charge in [-0.1, -0.05) is 19.8 Å². The fourth-order valence-corrected chi connectivity index (χ4v) is 0.784. The molecule has 0 unspecified atom stereocenters. The van der Waals surface area contributed by atoms with E-state index in [0.29, 0.717) is 13.0 Å². The van der Waals surface area contributed by atoms with Gasteiger partial charge in [-0.3, -0.25) is 4.79 Å². The predicted octanol–water partition coefficient (Wildman–Crippen LogP) is 1.99. The minimum absolute atomic E-state index is 0.0354. The van der Waals surface area contributed by atoms with Crippen molar-refractivity contribution in [3.63, 3.8) is 0 Å². The summed E-state index contributed by atoms with van der Waals surface area (Å²) in [7, 11) is 0. The van der Waals surface area contributed by atoms with Crippen molar-refractivity contribution in [1.82, 2.24) is 0 Å². The van der Waals surface area contributed by atoms with Crippen LogP contribution in [-0.2, 0) is 14.6 Å². The lowest BCUT2D eigenvalue weighted by molar-refractivity contribution is -0.291. The molecule has 98 valence electrons. The van der Waals surface area contributed by atoms with E-state index in [9.17, 15) is 4.79 Å². The van der Waals surface area contributed by atoms with Crippen LogP contribution >= 0.6 is 0 Å². The number of aliphatic hydroxyl groups is 1. The number of rotatable bonds is 9. The molecule has 0 atom stereocenters. The van der Waals surface area contributed by atoms with E-state index in [1.54, 1.807) is 0 Å². The van der Waals surface area contributed by atoms with Crippen LogP contribution in [0.25, 0.3) is 0 Å². The summed E-state index contributed by atoms with van der Waals surface area (Å²) < 4.78 is 0. The second-order valence-corrected chi connectivity index (χ2v) is 3.16. The molecule has 0 aliphatic heterocycles. The first kappa shape index (κ1) is 17.7. The Morgan fingerprint density at radius 2 is 1.81 bits per heavy atom. The van der Waals surface area contributed by atoms with Gasteiger partial charge in [-0.05, 0) is 19.8 Å². The Kier molecular flexibility index (Phi) is 18.6. The first-order valence-electron chi connectivity index (χ1n) is 5.76. The lowest BCUT2D eigenvalue weighted by atomic mass is 10.3. The van der Waals surface area contributed by atoms with Gasteiger partial charge in [-0.15, -0.1) is 0 Å². The van der Waals surface area contributed by atoms with Crippen molar-refractivity contribution in [2.45, 2.75) is 46.0 Å². The summed E-state index contributed by atoms with van der Waals surface area (Å²) in [6.07, 6.45) is 3.99. The molecule has 0 aromatic heterocycles. The first-order chi connectivity index (χ1) is 7.68. The van der Waals surface area contributed by atoms with Crippen molar-refractivity contribution in [3.05, 3.63) is 0 Å². The summed E-state index contributed by atoms with van der Waals surface area (Å²) in [6, 6.07) is 0. The minimum Gasteiger partial charge on any atom is -0.481 e. The van der Waals surface area contributed by atoms with Crippen LogP contribution < -0.4 is 0 Å². The fraction of sp³-hybridized carbons (Fsp3) is 0.909. The summed E-state index contributed by atoms with van der Waals surface area (Å²) in [5.74, 6) is -0.853. The Hall–Kier alpha value is -0.650. The number of hydrogen-bond donors (Lipinski definition) is 2.